The van der Waals surface area contributed by atoms with Crippen molar-refractivity contribution in [2.45, 2.75) is 71.3 Å². The van der Waals surface area contributed by atoms with Gasteiger partial charge in [0.05, 0.1) is 11.2 Å². The van der Waals surface area contributed by atoms with Crippen LogP contribution in [0.4, 0.5) is 5.00 Å². The lowest BCUT2D eigenvalue weighted by atomic mass is 9.86. The van der Waals surface area contributed by atoms with Crippen molar-refractivity contribution in [3.8, 4) is 0 Å². The lowest BCUT2D eigenvalue weighted by molar-refractivity contribution is -0.136. The normalized spacial score (nSPS) is 19.3. The molecule has 23 heavy (non-hydrogen) atoms. The highest BCUT2D eigenvalue weighted by atomic mass is 32.1. The number of carbonyl (C=O) groups excluding carboxylic acids is 1. The molecule has 0 atom stereocenters. The minimum Gasteiger partial charge on any atom is -0.369 e. The van der Waals surface area contributed by atoms with Crippen LogP contribution in [-0.2, 0) is 32.8 Å². The van der Waals surface area contributed by atoms with Gasteiger partial charge < -0.3 is 20.5 Å². The van der Waals surface area contributed by atoms with Gasteiger partial charge in [-0.25, -0.2) is 0 Å². The first-order chi connectivity index (χ1) is 10.4. The van der Waals surface area contributed by atoms with Crippen molar-refractivity contribution < 1.29 is 14.3 Å². The Bertz CT molecular complexity index is 618. The van der Waals surface area contributed by atoms with Crippen molar-refractivity contribution in [2.75, 3.05) is 12.4 Å². The van der Waals surface area contributed by atoms with Gasteiger partial charge in [0.2, 0.25) is 0 Å². The molecule has 0 spiro atoms. The van der Waals surface area contributed by atoms with E-state index in [1.807, 2.05) is 0 Å². The molecule has 0 unspecified atom stereocenters. The first kappa shape index (κ1) is 18.4. The number of fused-ring (bicyclic) bond motifs is 1. The number of rotatable bonds is 4. The van der Waals surface area contributed by atoms with Gasteiger partial charge in [-0.3, -0.25) is 4.79 Å². The number of nitrogens with one attached hydrogen (secondary N) is 1. The van der Waals surface area contributed by atoms with Crippen LogP contribution in [0, 0.1) is 0 Å². The summed E-state index contributed by atoms with van der Waals surface area (Å²) in [7, 11) is 1.53. The molecular weight excluding hydrogens is 312 g/mol. The smallest absolute Gasteiger partial charge is 0.256 e. The highest BCUT2D eigenvalue weighted by Crippen LogP contribution is 2.48. The average Bonchev–Trinajstić information content (AvgIpc) is 2.74. The monoisotopic (exact) mass is 340 g/mol. The maximum Gasteiger partial charge on any atom is 0.256 e. The molecule has 6 heteroatoms. The van der Waals surface area contributed by atoms with Crippen LogP contribution in [0.25, 0.3) is 0 Å². The minimum absolute atomic E-state index is 0.175. The molecule has 1 aromatic rings. The first-order valence-electron chi connectivity index (χ1n) is 7.85. The third-order valence-electron chi connectivity index (χ3n) is 4.29. The topological polar surface area (TPSA) is 73.6 Å². The molecule has 130 valence electrons. The van der Waals surface area contributed by atoms with Crippen LogP contribution < -0.4 is 11.1 Å². The molecule has 0 aromatic carbocycles. The van der Waals surface area contributed by atoms with Gasteiger partial charge in [-0.15, -0.1) is 11.3 Å². The molecule has 1 aliphatic rings. The Labute approximate surface area is 142 Å². The van der Waals surface area contributed by atoms with E-state index in [-0.39, 0.29) is 11.5 Å². The van der Waals surface area contributed by atoms with Gasteiger partial charge in [-0.1, -0.05) is 0 Å². The molecule has 1 amide bonds. The number of hydrogen-bond acceptors (Lipinski definition) is 5. The SMILES string of the molecule is COC(C)(C)C(=O)Nc1sc2c(c1CN)CC(C)(C)OC2(C)C. The molecule has 2 heterocycles. The van der Waals surface area contributed by atoms with Crippen LogP contribution in [0.5, 0.6) is 0 Å². The Morgan fingerprint density at radius 1 is 1.39 bits per heavy atom. The predicted octanol–water partition coefficient (Wildman–Crippen LogP) is 3.16. The molecular formula is C17H28N2O3S. The summed E-state index contributed by atoms with van der Waals surface area (Å²) in [6.07, 6.45) is 0.790. The molecule has 1 aliphatic heterocycles. The molecule has 5 nitrogen and oxygen atoms in total. The summed E-state index contributed by atoms with van der Waals surface area (Å²) in [5.41, 5.74) is 6.68. The fourth-order valence-electron chi connectivity index (χ4n) is 3.03. The summed E-state index contributed by atoms with van der Waals surface area (Å²) < 4.78 is 11.5. The quantitative estimate of drug-likeness (QED) is 0.883. The van der Waals surface area contributed by atoms with Gasteiger partial charge in [0, 0.05) is 30.5 Å². The number of amides is 1. The number of methoxy groups -OCH3 is 1. The van der Waals surface area contributed by atoms with Gasteiger partial charge >= 0.3 is 0 Å². The standard InChI is InChI=1S/C17H28N2O3S/c1-15(2)8-10-11(9-18)13(19-14(20)17(5,6)21-7)23-12(10)16(3,4)22-15/h8-9,18H2,1-7H3,(H,19,20). The largest absolute Gasteiger partial charge is 0.369 e. The fraction of sp³-hybridized carbons (Fsp3) is 0.706. The Balaban J connectivity index is 2.45. The van der Waals surface area contributed by atoms with Gasteiger partial charge in [0.1, 0.15) is 10.6 Å². The zero-order chi connectivity index (χ0) is 17.6. The summed E-state index contributed by atoms with van der Waals surface area (Å²) in [6, 6.07) is 0. The Kier molecular flexibility index (Phi) is 4.67. The number of thiophene rings is 1. The molecule has 0 aliphatic carbocycles. The number of anilines is 1. The van der Waals surface area contributed by atoms with E-state index >= 15 is 0 Å². The number of hydrogen-bond donors (Lipinski definition) is 2. The second kappa shape index (κ2) is 5.84. The summed E-state index contributed by atoms with van der Waals surface area (Å²) in [6.45, 7) is 12.2. The van der Waals surface area contributed by atoms with Crippen LogP contribution in [0.2, 0.25) is 0 Å². The van der Waals surface area contributed by atoms with Gasteiger partial charge in [-0.05, 0) is 47.1 Å². The molecule has 0 bridgehead atoms. The van der Waals surface area contributed by atoms with E-state index in [0.29, 0.717) is 6.54 Å². The van der Waals surface area contributed by atoms with Crippen molar-refractivity contribution in [3.05, 3.63) is 16.0 Å². The van der Waals surface area contributed by atoms with Crippen LogP contribution >= 0.6 is 11.3 Å². The lowest BCUT2D eigenvalue weighted by Gasteiger charge is -2.41. The molecule has 1 aromatic heterocycles. The summed E-state index contributed by atoms with van der Waals surface area (Å²) >= 11 is 1.56. The van der Waals surface area contributed by atoms with Gasteiger partial charge in [0.15, 0.2) is 0 Å². The second-order valence-electron chi connectivity index (χ2n) is 7.64. The van der Waals surface area contributed by atoms with Gasteiger partial charge in [-0.2, -0.15) is 0 Å². The van der Waals surface area contributed by atoms with E-state index in [9.17, 15) is 4.79 Å². The minimum atomic E-state index is -0.887. The van der Waals surface area contributed by atoms with E-state index in [1.165, 1.54) is 12.7 Å². The van der Waals surface area contributed by atoms with E-state index in [4.69, 9.17) is 15.2 Å². The van der Waals surface area contributed by atoms with Crippen molar-refractivity contribution >= 4 is 22.2 Å². The highest BCUT2D eigenvalue weighted by Gasteiger charge is 2.42. The van der Waals surface area contributed by atoms with Crippen LogP contribution in [0.3, 0.4) is 0 Å². The fourth-order valence-corrected chi connectivity index (χ4v) is 4.32. The van der Waals surface area contributed by atoms with Crippen molar-refractivity contribution in [1.82, 2.24) is 0 Å². The predicted molar refractivity (Wildman–Crippen MR) is 93.8 cm³/mol. The van der Waals surface area contributed by atoms with Crippen molar-refractivity contribution in [3.63, 3.8) is 0 Å². The molecule has 0 radical (unpaired) electrons. The zero-order valence-electron chi connectivity index (χ0n) is 15.1. The van der Waals surface area contributed by atoms with Gasteiger partial charge in [0.25, 0.3) is 5.91 Å². The summed E-state index contributed by atoms with van der Waals surface area (Å²) in [4.78, 5) is 13.6. The van der Waals surface area contributed by atoms with E-state index in [0.717, 1.165) is 21.9 Å². The third kappa shape index (κ3) is 3.45. The average molecular weight is 340 g/mol. The molecule has 0 saturated carbocycles. The van der Waals surface area contributed by atoms with Crippen LogP contribution in [-0.4, -0.2) is 24.2 Å². The second-order valence-corrected chi connectivity index (χ2v) is 8.66. The molecule has 0 fully saturated rings. The summed E-state index contributed by atoms with van der Waals surface area (Å²) in [5.74, 6) is -0.175. The Morgan fingerprint density at radius 2 is 2.00 bits per heavy atom. The van der Waals surface area contributed by atoms with E-state index < -0.39 is 11.2 Å². The maximum atomic E-state index is 12.4. The number of carbonyl (C=O) groups is 1. The third-order valence-corrected chi connectivity index (χ3v) is 5.78. The Morgan fingerprint density at radius 3 is 2.52 bits per heavy atom. The molecule has 2 rings (SSSR count). The highest BCUT2D eigenvalue weighted by molar-refractivity contribution is 7.16. The van der Waals surface area contributed by atoms with Crippen LogP contribution in [0.1, 0.15) is 57.5 Å². The number of nitrogens with two attached hydrogens (primary N) is 1. The molecule has 3 N–H and O–H groups in total. The first-order valence-corrected chi connectivity index (χ1v) is 8.67. The molecule has 0 saturated heterocycles. The zero-order valence-corrected chi connectivity index (χ0v) is 15.9. The van der Waals surface area contributed by atoms with Crippen LogP contribution in [0.15, 0.2) is 0 Å². The maximum absolute atomic E-state index is 12.4. The van der Waals surface area contributed by atoms with Crippen molar-refractivity contribution in [1.29, 1.82) is 0 Å². The number of ether oxygens (including phenoxy) is 2. The summed E-state index contributed by atoms with van der Waals surface area (Å²) in [5, 5.41) is 3.80. The Hall–Kier alpha value is -0.950. The lowest BCUT2D eigenvalue weighted by Crippen LogP contribution is -2.41. The van der Waals surface area contributed by atoms with E-state index in [1.54, 1.807) is 25.2 Å². The van der Waals surface area contributed by atoms with E-state index in [2.05, 4.69) is 33.0 Å². The van der Waals surface area contributed by atoms with Crippen molar-refractivity contribution in [2.24, 2.45) is 5.73 Å².